The lowest BCUT2D eigenvalue weighted by atomic mass is 10.1. The fourth-order valence-corrected chi connectivity index (χ4v) is 3.25. The highest BCUT2D eigenvalue weighted by molar-refractivity contribution is 5.82. The molecule has 5 nitrogen and oxygen atoms in total. The Hall–Kier alpha value is -3.55. The van der Waals surface area contributed by atoms with Crippen LogP contribution in [0.1, 0.15) is 18.3 Å². The maximum atomic E-state index is 13.8. The van der Waals surface area contributed by atoms with Gasteiger partial charge in [0.1, 0.15) is 11.6 Å². The maximum absolute atomic E-state index is 13.8. The summed E-state index contributed by atoms with van der Waals surface area (Å²) >= 11 is 0. The van der Waals surface area contributed by atoms with Crippen molar-refractivity contribution < 1.29 is 17.9 Å². The molecule has 2 aromatic carbocycles. The predicted octanol–water partition coefficient (Wildman–Crippen LogP) is 5.87. The Kier molecular flexibility index (Phi) is 5.07. The van der Waals surface area contributed by atoms with Crippen LogP contribution in [0.15, 0.2) is 60.7 Å². The van der Waals surface area contributed by atoms with Crippen LogP contribution in [0.4, 0.5) is 24.7 Å². The van der Waals surface area contributed by atoms with Crippen LogP contribution >= 0.6 is 0 Å². The first kappa shape index (κ1) is 19.8. The summed E-state index contributed by atoms with van der Waals surface area (Å²) < 4.78 is 48.1. The van der Waals surface area contributed by atoms with Gasteiger partial charge in [0, 0.05) is 17.4 Å². The third-order valence-corrected chi connectivity index (χ3v) is 4.49. The predicted molar refractivity (Wildman–Crippen MR) is 109 cm³/mol. The normalized spacial score (nSPS) is 11.6. The second-order valence-corrected chi connectivity index (χ2v) is 6.69. The number of benzene rings is 2. The molecule has 0 bridgehead atoms. The first-order valence-electron chi connectivity index (χ1n) is 9.39. The quantitative estimate of drug-likeness (QED) is 0.446. The lowest BCUT2D eigenvalue weighted by Gasteiger charge is -2.10. The standard InChI is InChI=1S/C22H19F3N4O/c1-3-30-17-11-9-16(10-12-17)27-18-13-14(2)26-21-19(15-7-5-4-6-8-15)20(22(23,24)25)28-29(18)21/h4-13,27H,3H2,1-2H3. The van der Waals surface area contributed by atoms with Crippen molar-refractivity contribution in [1.29, 1.82) is 0 Å². The van der Waals surface area contributed by atoms with E-state index >= 15 is 0 Å². The van der Waals surface area contributed by atoms with E-state index < -0.39 is 11.9 Å². The van der Waals surface area contributed by atoms with Gasteiger partial charge in [-0.05, 0) is 43.7 Å². The molecule has 0 aliphatic heterocycles. The number of ether oxygens (including phenoxy) is 1. The molecule has 2 aromatic heterocycles. The van der Waals surface area contributed by atoms with Gasteiger partial charge in [-0.1, -0.05) is 30.3 Å². The van der Waals surface area contributed by atoms with Gasteiger partial charge in [0.05, 0.1) is 12.2 Å². The van der Waals surface area contributed by atoms with Gasteiger partial charge in [-0.15, -0.1) is 0 Å². The van der Waals surface area contributed by atoms with E-state index in [9.17, 15) is 13.2 Å². The third-order valence-electron chi connectivity index (χ3n) is 4.49. The first-order chi connectivity index (χ1) is 14.4. The van der Waals surface area contributed by atoms with Gasteiger partial charge < -0.3 is 10.1 Å². The van der Waals surface area contributed by atoms with Crippen molar-refractivity contribution in [3.63, 3.8) is 0 Å². The van der Waals surface area contributed by atoms with E-state index in [0.717, 1.165) is 0 Å². The van der Waals surface area contributed by atoms with E-state index in [-0.39, 0.29) is 11.2 Å². The van der Waals surface area contributed by atoms with Crippen molar-refractivity contribution in [2.45, 2.75) is 20.0 Å². The Morgan fingerprint density at radius 2 is 1.73 bits per heavy atom. The van der Waals surface area contributed by atoms with E-state index in [1.54, 1.807) is 67.6 Å². The summed E-state index contributed by atoms with van der Waals surface area (Å²) in [7, 11) is 0. The van der Waals surface area contributed by atoms with Gasteiger partial charge in [0.15, 0.2) is 11.3 Å². The van der Waals surface area contributed by atoms with Crippen LogP contribution in [0.2, 0.25) is 0 Å². The molecule has 0 unspecified atom stereocenters. The van der Waals surface area contributed by atoms with Crippen molar-refractivity contribution in [2.75, 3.05) is 11.9 Å². The molecule has 30 heavy (non-hydrogen) atoms. The molecule has 0 saturated heterocycles. The van der Waals surface area contributed by atoms with Crippen LogP contribution in [0.25, 0.3) is 16.8 Å². The molecule has 4 aromatic rings. The summed E-state index contributed by atoms with van der Waals surface area (Å²) in [6.07, 6.45) is -4.62. The third kappa shape index (κ3) is 3.80. The average Bonchev–Trinajstić information content (AvgIpc) is 3.10. The lowest BCUT2D eigenvalue weighted by Crippen LogP contribution is -2.08. The van der Waals surface area contributed by atoms with Crippen molar-refractivity contribution in [3.05, 3.63) is 72.1 Å². The number of aryl methyl sites for hydroxylation is 1. The number of nitrogens with zero attached hydrogens (tertiary/aromatic N) is 3. The molecule has 0 atom stereocenters. The second kappa shape index (κ2) is 7.70. The van der Waals surface area contributed by atoms with Crippen LogP contribution in [0.3, 0.4) is 0 Å². The maximum Gasteiger partial charge on any atom is 0.435 e. The topological polar surface area (TPSA) is 51.5 Å². The van der Waals surface area contributed by atoms with Crippen LogP contribution in [0, 0.1) is 6.92 Å². The number of halogens is 3. The first-order valence-corrected chi connectivity index (χ1v) is 9.39. The molecule has 0 radical (unpaired) electrons. The SMILES string of the molecule is CCOc1ccc(Nc2cc(C)nc3c(-c4ccccc4)c(C(F)(F)F)nn23)cc1. The highest BCUT2D eigenvalue weighted by Gasteiger charge is 2.39. The van der Waals surface area contributed by atoms with Gasteiger partial charge in [-0.2, -0.15) is 22.8 Å². The Morgan fingerprint density at radius 3 is 2.37 bits per heavy atom. The van der Waals surface area contributed by atoms with Gasteiger partial charge in [0.2, 0.25) is 0 Å². The number of hydrogen-bond donors (Lipinski definition) is 1. The van der Waals surface area contributed by atoms with Crippen LogP contribution in [0.5, 0.6) is 5.75 Å². The van der Waals surface area contributed by atoms with Crippen molar-refractivity contribution in [1.82, 2.24) is 14.6 Å². The molecule has 154 valence electrons. The van der Waals surface area contributed by atoms with Crippen molar-refractivity contribution in [2.24, 2.45) is 0 Å². The largest absolute Gasteiger partial charge is 0.494 e. The second-order valence-electron chi connectivity index (χ2n) is 6.69. The molecule has 0 spiro atoms. The van der Waals surface area contributed by atoms with E-state index in [0.29, 0.717) is 35.1 Å². The zero-order chi connectivity index (χ0) is 21.3. The van der Waals surface area contributed by atoms with Gasteiger partial charge >= 0.3 is 6.18 Å². The summed E-state index contributed by atoms with van der Waals surface area (Å²) in [5.74, 6) is 1.10. The van der Waals surface area contributed by atoms with E-state index in [1.807, 2.05) is 6.92 Å². The molecule has 0 aliphatic carbocycles. The Balaban J connectivity index is 1.86. The minimum absolute atomic E-state index is 0.0402. The Morgan fingerprint density at radius 1 is 1.03 bits per heavy atom. The summed E-state index contributed by atoms with van der Waals surface area (Å²) in [6.45, 7) is 4.17. The number of anilines is 2. The number of fused-ring (bicyclic) bond motifs is 1. The fraction of sp³-hybridized carbons (Fsp3) is 0.182. The molecule has 0 amide bonds. The van der Waals surface area contributed by atoms with E-state index in [1.165, 1.54) is 4.52 Å². The Labute approximate surface area is 171 Å². The molecule has 0 saturated carbocycles. The highest BCUT2D eigenvalue weighted by atomic mass is 19.4. The summed E-state index contributed by atoms with van der Waals surface area (Å²) in [4.78, 5) is 4.37. The van der Waals surface area contributed by atoms with E-state index in [4.69, 9.17) is 4.74 Å². The van der Waals surface area contributed by atoms with Crippen LogP contribution < -0.4 is 10.1 Å². The number of rotatable bonds is 5. The molecule has 0 aliphatic rings. The summed E-state index contributed by atoms with van der Waals surface area (Å²) in [5.41, 5.74) is 0.799. The van der Waals surface area contributed by atoms with Crippen LogP contribution in [-0.2, 0) is 6.18 Å². The molecule has 1 N–H and O–H groups in total. The minimum atomic E-state index is -4.62. The molecular weight excluding hydrogens is 393 g/mol. The summed E-state index contributed by atoms with van der Waals surface area (Å²) in [5, 5.41) is 7.02. The van der Waals surface area contributed by atoms with Gasteiger partial charge in [-0.3, -0.25) is 0 Å². The highest BCUT2D eigenvalue weighted by Crippen LogP contribution is 2.39. The minimum Gasteiger partial charge on any atom is -0.494 e. The molecule has 0 fully saturated rings. The zero-order valence-electron chi connectivity index (χ0n) is 16.4. The Bertz CT molecular complexity index is 1170. The summed E-state index contributed by atoms with van der Waals surface area (Å²) in [6, 6.07) is 17.2. The molecule has 4 rings (SSSR count). The molecule has 8 heteroatoms. The average molecular weight is 412 g/mol. The van der Waals surface area contributed by atoms with Gasteiger partial charge in [-0.25, -0.2) is 4.98 Å². The fourth-order valence-electron chi connectivity index (χ4n) is 3.25. The van der Waals surface area contributed by atoms with E-state index in [2.05, 4.69) is 15.4 Å². The van der Waals surface area contributed by atoms with Crippen molar-refractivity contribution in [3.8, 4) is 16.9 Å². The number of nitrogens with one attached hydrogen (secondary N) is 1. The number of aromatic nitrogens is 3. The lowest BCUT2D eigenvalue weighted by molar-refractivity contribution is -0.140. The molecular formula is C22H19F3N4O. The van der Waals surface area contributed by atoms with Gasteiger partial charge in [0.25, 0.3) is 0 Å². The molecule has 2 heterocycles. The monoisotopic (exact) mass is 412 g/mol. The van der Waals surface area contributed by atoms with Crippen molar-refractivity contribution >= 4 is 17.2 Å². The zero-order valence-corrected chi connectivity index (χ0v) is 16.4. The van der Waals surface area contributed by atoms with Crippen LogP contribution in [-0.4, -0.2) is 21.2 Å². The smallest absolute Gasteiger partial charge is 0.435 e. The number of hydrogen-bond acceptors (Lipinski definition) is 4. The number of alkyl halides is 3.